The Morgan fingerprint density at radius 2 is 1.74 bits per heavy atom. The first kappa shape index (κ1) is 33.7. The number of nitrogens with zero attached hydrogens (tertiary/aromatic N) is 3. The molecule has 1 unspecified atom stereocenters. The van der Waals surface area contributed by atoms with Gasteiger partial charge in [0.25, 0.3) is 11.5 Å². The fourth-order valence-corrected chi connectivity index (χ4v) is 5.72. The zero-order chi connectivity index (χ0) is 34.0. The Balaban J connectivity index is 1.23. The summed E-state index contributed by atoms with van der Waals surface area (Å²) in [6, 6.07) is 8.06. The third-order valence-corrected chi connectivity index (χ3v) is 8.25. The smallest absolute Gasteiger partial charge is 0.407 e. The number of nitrogens with one attached hydrogen (secondary N) is 3. The van der Waals surface area contributed by atoms with E-state index in [9.17, 15) is 24.0 Å². The Hall–Kier alpha value is -4.68. The summed E-state index contributed by atoms with van der Waals surface area (Å²) in [5.74, 6) is -0.785. The van der Waals surface area contributed by atoms with Gasteiger partial charge in [0, 0.05) is 49.9 Å². The molecule has 2 fully saturated rings. The molecule has 4 amide bonds. The van der Waals surface area contributed by atoms with Crippen molar-refractivity contribution in [2.24, 2.45) is 5.92 Å². The van der Waals surface area contributed by atoms with Crippen molar-refractivity contribution in [2.45, 2.75) is 91.1 Å². The summed E-state index contributed by atoms with van der Waals surface area (Å²) in [7, 11) is 0. The first-order chi connectivity index (χ1) is 22.2. The quantitative estimate of drug-likeness (QED) is 0.321. The minimum Gasteiger partial charge on any atom is -0.444 e. The topological polar surface area (TPSA) is 144 Å². The van der Waals surface area contributed by atoms with E-state index in [2.05, 4.69) is 16.0 Å². The van der Waals surface area contributed by atoms with Gasteiger partial charge in [-0.2, -0.15) is 0 Å². The van der Waals surface area contributed by atoms with Crippen LogP contribution in [0, 0.1) is 11.7 Å². The van der Waals surface area contributed by atoms with E-state index < -0.39 is 34.8 Å². The molecule has 12 nitrogen and oxygen atoms in total. The molecule has 1 saturated heterocycles. The normalized spacial score (nSPS) is 16.7. The molecule has 0 bridgehead atoms. The fraction of sp³-hybridized carbons (Fsp3) is 0.500. The third kappa shape index (κ3) is 8.19. The molecule has 2 aromatic carbocycles. The highest BCUT2D eigenvalue weighted by atomic mass is 19.1. The van der Waals surface area contributed by atoms with Crippen LogP contribution in [-0.2, 0) is 17.8 Å². The maximum absolute atomic E-state index is 15.4. The second kappa shape index (κ2) is 13.6. The highest BCUT2D eigenvalue weighted by molar-refractivity contribution is 5.95. The summed E-state index contributed by atoms with van der Waals surface area (Å²) in [5, 5.41) is 8.41. The second-order valence-corrected chi connectivity index (χ2v) is 13.7. The number of carbonyl (C=O) groups is 3. The Morgan fingerprint density at radius 3 is 2.38 bits per heavy atom. The number of urea groups is 1. The van der Waals surface area contributed by atoms with Gasteiger partial charge in [0.2, 0.25) is 0 Å². The number of piperidine rings is 1. The molecular formula is C34H43FN6O6. The number of carbonyl (C=O) groups excluding carboxylic acids is 3. The van der Waals surface area contributed by atoms with Crippen molar-refractivity contribution in [3.8, 4) is 0 Å². The molecule has 0 radical (unpaired) electrons. The van der Waals surface area contributed by atoms with Crippen LogP contribution < -0.4 is 27.2 Å². The highest BCUT2D eigenvalue weighted by Gasteiger charge is 2.28. The van der Waals surface area contributed by atoms with E-state index in [1.807, 2.05) is 0 Å². The number of anilines is 1. The van der Waals surface area contributed by atoms with Crippen LogP contribution in [-0.4, -0.2) is 56.8 Å². The van der Waals surface area contributed by atoms with Gasteiger partial charge in [-0.05, 0) is 90.0 Å². The van der Waals surface area contributed by atoms with Crippen molar-refractivity contribution in [1.82, 2.24) is 24.7 Å². The van der Waals surface area contributed by atoms with Crippen molar-refractivity contribution in [1.29, 1.82) is 0 Å². The predicted octanol–water partition coefficient (Wildman–Crippen LogP) is 4.74. The van der Waals surface area contributed by atoms with Gasteiger partial charge in [-0.3, -0.25) is 18.7 Å². The van der Waals surface area contributed by atoms with Gasteiger partial charge in [-0.25, -0.2) is 18.8 Å². The molecule has 1 atom stereocenters. The van der Waals surface area contributed by atoms with Crippen LogP contribution >= 0.6 is 0 Å². The maximum atomic E-state index is 15.4. The standard InChI is InChI=1S/C34H43FN6O6/c1-20(2)41-28-16-26(35)27(15-25(28)30(43)40(33(41)46)18-22-8-9-22)38-31(44)39-14-6-7-24(19-39)37-29(42)23-12-10-21(11-13-23)17-36-32(45)47-34(3,4)5/h10-13,15-16,20,22,24H,6-9,14,17-19H2,1-5H3,(H,36,45)(H,37,42)(H,38,44). The molecule has 1 aliphatic heterocycles. The number of hydrogen-bond acceptors (Lipinski definition) is 6. The van der Waals surface area contributed by atoms with Crippen molar-refractivity contribution < 1.29 is 23.5 Å². The Bertz CT molecular complexity index is 1790. The van der Waals surface area contributed by atoms with Gasteiger partial charge in [0.15, 0.2) is 0 Å². The number of halogens is 1. The van der Waals surface area contributed by atoms with Gasteiger partial charge >= 0.3 is 17.8 Å². The average Bonchev–Trinajstić information content (AvgIpc) is 3.83. The molecule has 1 aliphatic carbocycles. The number of alkyl carbamates (subject to hydrolysis) is 1. The van der Waals surface area contributed by atoms with Crippen molar-refractivity contribution in [2.75, 3.05) is 18.4 Å². The Labute approximate surface area is 272 Å². The first-order valence-corrected chi connectivity index (χ1v) is 16.1. The first-order valence-electron chi connectivity index (χ1n) is 16.1. The zero-order valence-corrected chi connectivity index (χ0v) is 27.5. The lowest BCUT2D eigenvalue weighted by Gasteiger charge is -2.33. The van der Waals surface area contributed by atoms with Crippen LogP contribution in [0.2, 0.25) is 0 Å². The molecule has 3 N–H and O–H groups in total. The molecule has 1 aromatic heterocycles. The highest BCUT2D eigenvalue weighted by Crippen LogP contribution is 2.30. The SMILES string of the molecule is CC(C)n1c(=O)n(CC2CC2)c(=O)c2cc(NC(=O)N3CCCC(NC(=O)c4ccc(CNC(=O)OC(C)(C)C)cc4)C3)c(F)cc21. The zero-order valence-electron chi connectivity index (χ0n) is 27.5. The summed E-state index contributed by atoms with van der Waals surface area (Å²) in [6.45, 7) is 10.1. The van der Waals surface area contributed by atoms with Crippen LogP contribution in [0.25, 0.3) is 10.9 Å². The summed E-state index contributed by atoms with van der Waals surface area (Å²) in [6.07, 6.45) is 2.66. The number of benzene rings is 2. The van der Waals surface area contributed by atoms with Gasteiger partial charge < -0.3 is 25.6 Å². The van der Waals surface area contributed by atoms with Crippen LogP contribution in [0.5, 0.6) is 0 Å². The van der Waals surface area contributed by atoms with Gasteiger partial charge in [0.1, 0.15) is 11.4 Å². The third-order valence-electron chi connectivity index (χ3n) is 8.25. The van der Waals surface area contributed by atoms with Crippen molar-refractivity contribution in [3.63, 3.8) is 0 Å². The monoisotopic (exact) mass is 650 g/mol. The lowest BCUT2D eigenvalue weighted by molar-refractivity contribution is 0.0523. The van der Waals surface area contributed by atoms with Crippen molar-refractivity contribution in [3.05, 3.63) is 74.2 Å². The number of amides is 4. The number of fused-ring (bicyclic) bond motifs is 1. The van der Waals surface area contributed by atoms with Gasteiger partial charge in [-0.15, -0.1) is 0 Å². The number of likely N-dealkylation sites (tertiary alicyclic amines) is 1. The average molecular weight is 651 g/mol. The second-order valence-electron chi connectivity index (χ2n) is 13.7. The van der Waals surface area contributed by atoms with E-state index in [0.29, 0.717) is 31.5 Å². The van der Waals surface area contributed by atoms with E-state index in [-0.39, 0.29) is 53.6 Å². The minimum absolute atomic E-state index is 0.154. The van der Waals surface area contributed by atoms with Gasteiger partial charge in [0.05, 0.1) is 16.6 Å². The Morgan fingerprint density at radius 1 is 1.04 bits per heavy atom. The molecule has 47 heavy (non-hydrogen) atoms. The van der Waals surface area contributed by atoms with E-state index in [0.717, 1.165) is 24.5 Å². The lowest BCUT2D eigenvalue weighted by Crippen LogP contribution is -2.50. The molecular weight excluding hydrogens is 607 g/mol. The molecule has 2 aliphatic rings. The summed E-state index contributed by atoms with van der Waals surface area (Å²) < 4.78 is 23.2. The molecule has 252 valence electrons. The minimum atomic E-state index is -0.759. The van der Waals surface area contributed by atoms with E-state index in [1.54, 1.807) is 58.9 Å². The molecule has 13 heteroatoms. The van der Waals surface area contributed by atoms with Crippen LogP contribution in [0.3, 0.4) is 0 Å². The number of rotatable bonds is 8. The largest absolute Gasteiger partial charge is 0.444 e. The van der Waals surface area contributed by atoms with Gasteiger partial charge in [-0.1, -0.05) is 12.1 Å². The predicted molar refractivity (Wildman–Crippen MR) is 176 cm³/mol. The number of hydrogen-bond donors (Lipinski definition) is 3. The summed E-state index contributed by atoms with van der Waals surface area (Å²) >= 11 is 0. The van der Waals surface area contributed by atoms with E-state index >= 15 is 4.39 Å². The number of aromatic nitrogens is 2. The van der Waals surface area contributed by atoms with Crippen LogP contribution in [0.1, 0.15) is 82.3 Å². The molecule has 5 rings (SSSR count). The number of ether oxygens (including phenoxy) is 1. The molecule has 1 saturated carbocycles. The fourth-order valence-electron chi connectivity index (χ4n) is 5.72. The van der Waals surface area contributed by atoms with Crippen LogP contribution in [0.4, 0.5) is 19.7 Å². The molecule has 2 heterocycles. The summed E-state index contributed by atoms with van der Waals surface area (Å²) in [5.41, 5.74) is -0.314. The maximum Gasteiger partial charge on any atom is 0.407 e. The summed E-state index contributed by atoms with van der Waals surface area (Å²) in [4.78, 5) is 66.2. The van der Waals surface area contributed by atoms with E-state index in [4.69, 9.17) is 4.74 Å². The van der Waals surface area contributed by atoms with E-state index in [1.165, 1.54) is 20.1 Å². The molecule has 0 spiro atoms. The Kier molecular flexibility index (Phi) is 9.73. The lowest BCUT2D eigenvalue weighted by atomic mass is 10.0. The van der Waals surface area contributed by atoms with Crippen molar-refractivity contribution >= 4 is 34.6 Å². The molecule has 3 aromatic rings. The van der Waals surface area contributed by atoms with Crippen LogP contribution in [0.15, 0.2) is 46.0 Å².